The van der Waals surface area contributed by atoms with Gasteiger partial charge in [0.05, 0.1) is 5.56 Å². The molecule has 1 amide bonds. The van der Waals surface area contributed by atoms with Gasteiger partial charge in [0.2, 0.25) is 5.91 Å². The minimum Gasteiger partial charge on any atom is -0.358 e. The predicted octanol–water partition coefficient (Wildman–Crippen LogP) is 6.54. The highest BCUT2D eigenvalue weighted by Crippen LogP contribution is 2.38. The highest BCUT2D eigenvalue weighted by atomic mass is 32.2. The molecule has 0 saturated carbocycles. The quantitative estimate of drug-likeness (QED) is 0.411. The summed E-state index contributed by atoms with van der Waals surface area (Å²) in [4.78, 5) is 15.0. The van der Waals surface area contributed by atoms with Gasteiger partial charge in [-0.3, -0.25) is 10.1 Å². The molecule has 2 atom stereocenters. The Balaban J connectivity index is 1.87. The van der Waals surface area contributed by atoms with Crippen molar-refractivity contribution in [3.8, 4) is 0 Å². The van der Waals surface area contributed by atoms with E-state index >= 15 is 0 Å². The fourth-order valence-electron chi connectivity index (χ4n) is 3.85. The minimum absolute atomic E-state index is 0.219. The van der Waals surface area contributed by atoms with E-state index in [0.29, 0.717) is 18.4 Å². The van der Waals surface area contributed by atoms with Crippen molar-refractivity contribution in [2.75, 3.05) is 7.05 Å². The first-order valence-electron chi connectivity index (χ1n) is 11.0. The average molecular weight is 493 g/mol. The van der Waals surface area contributed by atoms with Crippen molar-refractivity contribution in [1.82, 2.24) is 10.6 Å². The second-order valence-electron chi connectivity index (χ2n) is 8.32. The Morgan fingerprint density at radius 1 is 1.06 bits per heavy atom. The van der Waals surface area contributed by atoms with E-state index < -0.39 is 17.8 Å². The zero-order valence-corrected chi connectivity index (χ0v) is 20.1. The molecule has 182 valence electrons. The zero-order chi connectivity index (χ0) is 24.9. The maximum Gasteiger partial charge on any atom is 0.416 e. The number of rotatable bonds is 8. The fourth-order valence-corrected chi connectivity index (χ4v) is 4.95. The van der Waals surface area contributed by atoms with E-state index in [2.05, 4.69) is 16.7 Å². The number of carbonyl (C=O) groups is 1. The molecule has 1 aliphatic heterocycles. The van der Waals surface area contributed by atoms with Gasteiger partial charge in [-0.05, 0) is 73.4 Å². The van der Waals surface area contributed by atoms with Gasteiger partial charge in [0.15, 0.2) is 0 Å². The van der Waals surface area contributed by atoms with Crippen molar-refractivity contribution in [2.24, 2.45) is 0 Å². The molecule has 3 rings (SSSR count). The Hall–Kier alpha value is -2.58. The summed E-state index contributed by atoms with van der Waals surface area (Å²) < 4.78 is 52.2. The lowest BCUT2D eigenvalue weighted by Gasteiger charge is -2.30. The summed E-state index contributed by atoms with van der Waals surface area (Å²) >= 11 is 1.64. The van der Waals surface area contributed by atoms with E-state index in [1.54, 1.807) is 30.9 Å². The Bertz CT molecular complexity index is 1060. The summed E-state index contributed by atoms with van der Waals surface area (Å²) in [5.41, 5.74) is 1.91. The summed E-state index contributed by atoms with van der Waals surface area (Å²) in [5.74, 6) is -0.641. The first kappa shape index (κ1) is 26.0. The van der Waals surface area contributed by atoms with E-state index in [4.69, 9.17) is 0 Å². The number of likely N-dealkylation sites (N-methyl/N-ethyl adjacent to an activating group) is 1. The number of aryl methyl sites for hydroxylation is 1. The molecule has 2 N–H and O–H groups in total. The molecule has 0 saturated heterocycles. The fraction of sp³-hybridized carbons (Fsp3) is 0.346. The molecule has 1 heterocycles. The van der Waals surface area contributed by atoms with Crippen molar-refractivity contribution >= 4 is 17.7 Å². The highest BCUT2D eigenvalue weighted by Gasteiger charge is 2.30. The highest BCUT2D eigenvalue weighted by molar-refractivity contribution is 8.06. The monoisotopic (exact) mass is 492 g/mol. The van der Waals surface area contributed by atoms with E-state index in [0.717, 1.165) is 33.9 Å². The molecule has 2 aromatic rings. The number of nitrogens with one attached hydrogen (secondary N) is 2. The summed E-state index contributed by atoms with van der Waals surface area (Å²) in [7, 11) is 1.55. The molecular weight excluding hydrogens is 464 g/mol. The van der Waals surface area contributed by atoms with Crippen LogP contribution in [0.4, 0.5) is 17.6 Å². The summed E-state index contributed by atoms with van der Waals surface area (Å²) in [6.07, 6.45) is -0.323. The number of halogens is 4. The number of hydrogen-bond acceptors (Lipinski definition) is 3. The van der Waals surface area contributed by atoms with Gasteiger partial charge in [-0.2, -0.15) is 13.2 Å². The largest absolute Gasteiger partial charge is 0.416 e. The smallest absolute Gasteiger partial charge is 0.358 e. The summed E-state index contributed by atoms with van der Waals surface area (Å²) in [5, 5.41) is 6.11. The van der Waals surface area contributed by atoms with Crippen LogP contribution in [0.15, 0.2) is 70.0 Å². The van der Waals surface area contributed by atoms with Crippen LogP contribution in [0, 0.1) is 5.82 Å². The Kier molecular flexibility index (Phi) is 8.60. The van der Waals surface area contributed by atoms with Crippen LogP contribution in [0.5, 0.6) is 0 Å². The van der Waals surface area contributed by atoms with Crippen LogP contribution in [-0.4, -0.2) is 19.0 Å². The number of amides is 1. The molecule has 0 aromatic heterocycles. The van der Waals surface area contributed by atoms with E-state index in [9.17, 15) is 22.4 Å². The van der Waals surface area contributed by atoms with Crippen LogP contribution in [0.25, 0.3) is 0 Å². The summed E-state index contributed by atoms with van der Waals surface area (Å²) in [6.45, 7) is 4.07. The van der Waals surface area contributed by atoms with E-state index in [-0.39, 0.29) is 17.8 Å². The molecular formula is C26H28F4N2OS. The van der Waals surface area contributed by atoms with Crippen molar-refractivity contribution in [2.45, 2.75) is 51.4 Å². The van der Waals surface area contributed by atoms with Gasteiger partial charge in [-0.25, -0.2) is 4.39 Å². The van der Waals surface area contributed by atoms with E-state index in [1.165, 1.54) is 29.8 Å². The van der Waals surface area contributed by atoms with Crippen LogP contribution >= 0.6 is 11.8 Å². The average Bonchev–Trinajstić information content (AvgIpc) is 2.81. The van der Waals surface area contributed by atoms with Crippen LogP contribution in [0.3, 0.4) is 0 Å². The normalized spacial score (nSPS) is 16.1. The van der Waals surface area contributed by atoms with Crippen molar-refractivity contribution in [3.63, 3.8) is 0 Å². The van der Waals surface area contributed by atoms with Gasteiger partial charge in [-0.15, -0.1) is 0 Å². The maximum absolute atomic E-state index is 13.5. The van der Waals surface area contributed by atoms with Crippen molar-refractivity contribution in [3.05, 3.63) is 92.5 Å². The molecule has 0 aliphatic carbocycles. The molecule has 0 spiro atoms. The molecule has 2 aromatic carbocycles. The van der Waals surface area contributed by atoms with Gasteiger partial charge in [0.1, 0.15) is 11.9 Å². The van der Waals surface area contributed by atoms with Crippen LogP contribution < -0.4 is 10.6 Å². The number of allylic oxidation sites excluding steroid dienone is 3. The zero-order valence-electron chi connectivity index (χ0n) is 19.3. The van der Waals surface area contributed by atoms with Crippen molar-refractivity contribution < 1.29 is 22.4 Å². The molecule has 0 fully saturated rings. The molecule has 8 heteroatoms. The molecule has 0 radical (unpaired) electrons. The standard InChI is InChI=1S/C26H28F4N2OS/c1-16-4-5-17(2)34-24(16)22(15-8-18-6-11-20(12-7-18)26(28,29)30)32-23(25(33)31-3)19-9-13-21(27)14-10-19/h5-7,9-14,22-23,32H,4,8,15H2,1-3H3,(H,31,33)/t22-,23-/m0/s1. The third-order valence-electron chi connectivity index (χ3n) is 5.79. The lowest BCUT2D eigenvalue weighted by atomic mass is 9.98. The Morgan fingerprint density at radius 3 is 2.29 bits per heavy atom. The number of alkyl halides is 3. The maximum atomic E-state index is 13.5. The lowest BCUT2D eigenvalue weighted by Crippen LogP contribution is -2.42. The van der Waals surface area contributed by atoms with Gasteiger partial charge < -0.3 is 5.32 Å². The second-order valence-corrected chi connectivity index (χ2v) is 9.60. The van der Waals surface area contributed by atoms with Gasteiger partial charge in [0.25, 0.3) is 0 Å². The number of hydrogen-bond donors (Lipinski definition) is 2. The Morgan fingerprint density at radius 2 is 1.71 bits per heavy atom. The molecule has 1 aliphatic rings. The second kappa shape index (κ2) is 11.2. The third-order valence-corrected chi connectivity index (χ3v) is 7.13. The van der Waals surface area contributed by atoms with Crippen LogP contribution in [0.1, 0.15) is 49.4 Å². The molecule has 3 nitrogen and oxygen atoms in total. The first-order chi connectivity index (χ1) is 16.1. The number of thioether (sulfide) groups is 1. The Labute approximate surface area is 201 Å². The SMILES string of the molecule is CNC(=O)[C@@H](N[C@@H](CCc1ccc(C(F)(F)F)cc1)C1=C(C)CC=C(C)S1)c1ccc(F)cc1. The first-order valence-corrected chi connectivity index (χ1v) is 11.8. The van der Waals surface area contributed by atoms with E-state index in [1.807, 2.05) is 13.8 Å². The van der Waals surface area contributed by atoms with Gasteiger partial charge in [0, 0.05) is 18.0 Å². The summed E-state index contributed by atoms with van der Waals surface area (Å²) in [6, 6.07) is 10.0. The van der Waals surface area contributed by atoms with Crippen molar-refractivity contribution in [1.29, 1.82) is 0 Å². The predicted molar refractivity (Wildman–Crippen MR) is 129 cm³/mol. The lowest BCUT2D eigenvalue weighted by molar-refractivity contribution is -0.137. The van der Waals surface area contributed by atoms with Crippen LogP contribution in [-0.2, 0) is 17.4 Å². The number of carbonyl (C=O) groups excluding carboxylic acids is 1. The van der Waals surface area contributed by atoms with Gasteiger partial charge >= 0.3 is 6.18 Å². The topological polar surface area (TPSA) is 41.1 Å². The third kappa shape index (κ3) is 6.73. The van der Waals surface area contributed by atoms with Gasteiger partial charge in [-0.1, -0.05) is 47.7 Å². The van der Waals surface area contributed by atoms with Crippen LogP contribution in [0.2, 0.25) is 0 Å². The number of benzene rings is 2. The molecule has 0 unspecified atom stereocenters. The molecule has 0 bridgehead atoms. The minimum atomic E-state index is -4.37. The molecule has 34 heavy (non-hydrogen) atoms.